The van der Waals surface area contributed by atoms with Crippen LogP contribution >= 0.6 is 0 Å². The van der Waals surface area contributed by atoms with E-state index in [1.807, 2.05) is 6.07 Å². The molecule has 4 heteroatoms. The van der Waals surface area contributed by atoms with Crippen molar-refractivity contribution in [3.05, 3.63) is 24.5 Å². The molecule has 0 bridgehead atoms. The van der Waals surface area contributed by atoms with Crippen LogP contribution in [0.2, 0.25) is 0 Å². The predicted molar refractivity (Wildman–Crippen MR) is 50.8 cm³/mol. The molecule has 1 amide bonds. The summed E-state index contributed by atoms with van der Waals surface area (Å²) >= 11 is 0. The van der Waals surface area contributed by atoms with E-state index in [9.17, 15) is 9.59 Å². The number of hydrogen-bond donors (Lipinski definition) is 0. The van der Waals surface area contributed by atoms with Crippen LogP contribution < -0.4 is 4.90 Å². The molecule has 0 radical (unpaired) electrons. The number of piperidine rings is 1. The lowest BCUT2D eigenvalue weighted by Gasteiger charge is -2.25. The molecule has 2 heterocycles. The number of ketones is 1. The van der Waals surface area contributed by atoms with Crippen LogP contribution in [0.15, 0.2) is 24.5 Å². The van der Waals surface area contributed by atoms with Gasteiger partial charge in [0.05, 0.1) is 18.3 Å². The number of rotatable bonds is 1. The Bertz CT molecular complexity index is 362. The summed E-state index contributed by atoms with van der Waals surface area (Å²) in [5, 5.41) is 0. The van der Waals surface area contributed by atoms with Crippen molar-refractivity contribution >= 4 is 17.4 Å². The van der Waals surface area contributed by atoms with E-state index < -0.39 is 0 Å². The summed E-state index contributed by atoms with van der Waals surface area (Å²) in [4.78, 5) is 28.0. The van der Waals surface area contributed by atoms with Gasteiger partial charge in [-0.3, -0.25) is 14.6 Å². The first kappa shape index (κ1) is 8.87. The largest absolute Gasteiger partial charge is 0.310 e. The Hall–Kier alpha value is -1.71. The molecular weight excluding hydrogens is 180 g/mol. The molecule has 2 rings (SSSR count). The zero-order valence-electron chi connectivity index (χ0n) is 7.64. The zero-order chi connectivity index (χ0) is 9.97. The van der Waals surface area contributed by atoms with Gasteiger partial charge in [0.1, 0.15) is 5.78 Å². The first-order valence-electron chi connectivity index (χ1n) is 4.49. The maximum atomic E-state index is 11.5. The number of nitrogens with zero attached hydrogens (tertiary/aromatic N) is 2. The van der Waals surface area contributed by atoms with Crippen molar-refractivity contribution in [2.45, 2.75) is 12.8 Å². The topological polar surface area (TPSA) is 50.3 Å². The molecule has 72 valence electrons. The van der Waals surface area contributed by atoms with Crippen LogP contribution in [-0.2, 0) is 9.59 Å². The summed E-state index contributed by atoms with van der Waals surface area (Å²) in [6, 6.07) is 3.60. The summed E-state index contributed by atoms with van der Waals surface area (Å²) < 4.78 is 0. The van der Waals surface area contributed by atoms with Gasteiger partial charge in [0, 0.05) is 19.2 Å². The summed E-state index contributed by atoms with van der Waals surface area (Å²) in [5.41, 5.74) is 0.769. The van der Waals surface area contributed by atoms with Crippen LogP contribution in [-0.4, -0.2) is 23.2 Å². The molecule has 0 spiro atoms. The van der Waals surface area contributed by atoms with Gasteiger partial charge in [-0.25, -0.2) is 0 Å². The monoisotopic (exact) mass is 190 g/mol. The highest BCUT2D eigenvalue weighted by molar-refractivity contribution is 6.08. The summed E-state index contributed by atoms with van der Waals surface area (Å²) in [6.45, 7) is 0.476. The van der Waals surface area contributed by atoms with Gasteiger partial charge in [-0.05, 0) is 12.1 Å². The molecular formula is C10H10N2O2. The molecule has 0 aromatic carbocycles. The van der Waals surface area contributed by atoms with E-state index in [1.54, 1.807) is 23.4 Å². The molecule has 1 fully saturated rings. The summed E-state index contributed by atoms with van der Waals surface area (Å²) in [5.74, 6) is -0.107. The lowest BCUT2D eigenvalue weighted by Crippen LogP contribution is -2.39. The van der Waals surface area contributed by atoms with Gasteiger partial charge >= 0.3 is 0 Å². The Morgan fingerprint density at radius 2 is 2.21 bits per heavy atom. The maximum Gasteiger partial charge on any atom is 0.234 e. The number of anilines is 1. The lowest BCUT2D eigenvalue weighted by atomic mass is 10.1. The number of pyridine rings is 1. The minimum absolute atomic E-state index is 0.0227. The van der Waals surface area contributed by atoms with Crippen LogP contribution in [0.3, 0.4) is 0 Å². The van der Waals surface area contributed by atoms with Crippen LogP contribution in [0.25, 0.3) is 0 Å². The van der Waals surface area contributed by atoms with Crippen molar-refractivity contribution in [1.29, 1.82) is 0 Å². The lowest BCUT2D eigenvalue weighted by molar-refractivity contribution is -0.128. The van der Waals surface area contributed by atoms with Crippen LogP contribution in [0.5, 0.6) is 0 Å². The molecule has 0 atom stereocenters. The first-order chi connectivity index (χ1) is 6.77. The van der Waals surface area contributed by atoms with E-state index in [0.717, 1.165) is 5.69 Å². The molecule has 14 heavy (non-hydrogen) atoms. The Morgan fingerprint density at radius 1 is 1.36 bits per heavy atom. The SMILES string of the molecule is O=C1CCN(c2cccnc2)C(=O)C1. The number of Topliss-reactive ketones (excluding diaryl/α,β-unsaturated/α-hetero) is 1. The third kappa shape index (κ3) is 1.64. The van der Waals surface area contributed by atoms with E-state index in [4.69, 9.17) is 0 Å². The Morgan fingerprint density at radius 3 is 2.86 bits per heavy atom. The number of aromatic nitrogens is 1. The fraction of sp³-hybridized carbons (Fsp3) is 0.300. The van der Waals surface area contributed by atoms with Gasteiger partial charge in [-0.2, -0.15) is 0 Å². The number of amides is 1. The van der Waals surface area contributed by atoms with Crippen molar-refractivity contribution in [2.24, 2.45) is 0 Å². The number of carbonyl (C=O) groups excluding carboxylic acids is 2. The van der Waals surface area contributed by atoms with Gasteiger partial charge < -0.3 is 4.90 Å². The third-order valence-electron chi connectivity index (χ3n) is 2.22. The zero-order valence-corrected chi connectivity index (χ0v) is 7.64. The van der Waals surface area contributed by atoms with Crippen LogP contribution in [0, 0.1) is 0 Å². The summed E-state index contributed by atoms with van der Waals surface area (Å²) in [7, 11) is 0. The molecule has 1 aliphatic heterocycles. The van der Waals surface area contributed by atoms with Gasteiger partial charge in [-0.1, -0.05) is 0 Å². The van der Waals surface area contributed by atoms with E-state index >= 15 is 0 Å². The fourth-order valence-corrected chi connectivity index (χ4v) is 1.50. The third-order valence-corrected chi connectivity index (χ3v) is 2.22. The van der Waals surface area contributed by atoms with Crippen LogP contribution in [0.1, 0.15) is 12.8 Å². The Kier molecular flexibility index (Phi) is 2.26. The molecule has 1 saturated heterocycles. The van der Waals surface area contributed by atoms with Crippen molar-refractivity contribution in [3.8, 4) is 0 Å². The fourth-order valence-electron chi connectivity index (χ4n) is 1.50. The normalized spacial score (nSPS) is 17.3. The quantitative estimate of drug-likeness (QED) is 0.615. The molecule has 0 saturated carbocycles. The standard InChI is InChI=1S/C10H10N2O2/c13-9-3-5-12(10(14)6-9)8-2-1-4-11-7-8/h1-2,4,7H,3,5-6H2. The highest BCUT2D eigenvalue weighted by Crippen LogP contribution is 2.17. The van der Waals surface area contributed by atoms with Crippen molar-refractivity contribution in [2.75, 3.05) is 11.4 Å². The number of carbonyl (C=O) groups is 2. The van der Waals surface area contributed by atoms with Gasteiger partial charge in [0.25, 0.3) is 0 Å². The second-order valence-electron chi connectivity index (χ2n) is 3.22. The Balaban J connectivity index is 2.20. The average Bonchev–Trinajstić information content (AvgIpc) is 2.19. The summed E-state index contributed by atoms with van der Waals surface area (Å²) in [6.07, 6.45) is 3.76. The van der Waals surface area contributed by atoms with Gasteiger partial charge in [-0.15, -0.1) is 0 Å². The van der Waals surface area contributed by atoms with Gasteiger partial charge in [0.2, 0.25) is 5.91 Å². The molecule has 1 aromatic heterocycles. The first-order valence-corrected chi connectivity index (χ1v) is 4.49. The predicted octanol–water partition coefficient (Wildman–Crippen LogP) is 0.777. The molecule has 0 unspecified atom stereocenters. The molecule has 1 aliphatic rings. The van der Waals surface area contributed by atoms with E-state index in [1.165, 1.54) is 0 Å². The van der Waals surface area contributed by atoms with Crippen molar-refractivity contribution < 1.29 is 9.59 Å². The van der Waals surface area contributed by atoms with E-state index in [-0.39, 0.29) is 18.1 Å². The maximum absolute atomic E-state index is 11.5. The van der Waals surface area contributed by atoms with Crippen LogP contribution in [0.4, 0.5) is 5.69 Å². The average molecular weight is 190 g/mol. The highest BCUT2D eigenvalue weighted by atomic mass is 16.2. The molecule has 1 aromatic rings. The second kappa shape index (κ2) is 3.57. The highest BCUT2D eigenvalue weighted by Gasteiger charge is 2.24. The number of hydrogen-bond acceptors (Lipinski definition) is 3. The smallest absolute Gasteiger partial charge is 0.234 e. The molecule has 0 aliphatic carbocycles. The molecule has 4 nitrogen and oxygen atoms in total. The van der Waals surface area contributed by atoms with Crippen molar-refractivity contribution in [3.63, 3.8) is 0 Å². The molecule has 0 N–H and O–H groups in total. The Labute approximate surface area is 81.6 Å². The van der Waals surface area contributed by atoms with Crippen molar-refractivity contribution in [1.82, 2.24) is 4.98 Å². The second-order valence-corrected chi connectivity index (χ2v) is 3.22. The minimum atomic E-state index is -0.130. The van der Waals surface area contributed by atoms with Gasteiger partial charge in [0.15, 0.2) is 0 Å². The van der Waals surface area contributed by atoms with E-state index in [2.05, 4.69) is 4.98 Å². The minimum Gasteiger partial charge on any atom is -0.310 e. The van der Waals surface area contributed by atoms with E-state index in [0.29, 0.717) is 13.0 Å².